The first-order valence-electron chi connectivity index (χ1n) is 8.30. The molecule has 0 unspecified atom stereocenters. The smallest absolute Gasteiger partial charge is 0.320 e. The molecule has 0 saturated carbocycles. The molecule has 4 rings (SSSR count). The van der Waals surface area contributed by atoms with Crippen LogP contribution >= 0.6 is 0 Å². The van der Waals surface area contributed by atoms with Gasteiger partial charge in [0.1, 0.15) is 12.1 Å². The van der Waals surface area contributed by atoms with Gasteiger partial charge in [0.2, 0.25) is 5.88 Å². The molecule has 0 aliphatic carbocycles. The van der Waals surface area contributed by atoms with Gasteiger partial charge in [0.25, 0.3) is 0 Å². The van der Waals surface area contributed by atoms with Crippen LogP contribution in [0.5, 0.6) is 5.88 Å². The van der Waals surface area contributed by atoms with E-state index in [4.69, 9.17) is 4.74 Å². The molecule has 26 heavy (non-hydrogen) atoms. The van der Waals surface area contributed by atoms with Gasteiger partial charge in [-0.3, -0.25) is 5.32 Å². The molecule has 2 N–H and O–H groups in total. The molecule has 0 aliphatic rings. The second kappa shape index (κ2) is 5.66. The highest BCUT2D eigenvalue weighted by Crippen LogP contribution is 2.39. The van der Waals surface area contributed by atoms with E-state index in [0.29, 0.717) is 11.7 Å². The first-order valence-corrected chi connectivity index (χ1v) is 8.30. The number of methoxy groups -OCH3 is 1. The monoisotopic (exact) mass is 349 g/mol. The Labute approximate surface area is 150 Å². The van der Waals surface area contributed by atoms with Crippen LogP contribution < -0.4 is 15.4 Å². The Bertz CT molecular complexity index is 1120. The minimum atomic E-state index is -0.355. The summed E-state index contributed by atoms with van der Waals surface area (Å²) in [7, 11) is 1.56. The van der Waals surface area contributed by atoms with Crippen LogP contribution in [0.15, 0.2) is 30.6 Å². The summed E-state index contributed by atoms with van der Waals surface area (Å²) in [5.74, 6) is 0.885. The number of nitrogens with zero attached hydrogens (tertiary/aromatic N) is 3. The van der Waals surface area contributed by atoms with Crippen molar-refractivity contribution in [2.75, 3.05) is 12.4 Å². The molecular formula is C19H19N5O2. The Balaban J connectivity index is 1.97. The molecule has 2 aromatic carbocycles. The van der Waals surface area contributed by atoms with Crippen molar-refractivity contribution in [2.45, 2.75) is 26.3 Å². The minimum Gasteiger partial charge on any atom is -0.480 e. The number of pyridine rings is 1. The van der Waals surface area contributed by atoms with Crippen LogP contribution in [0.25, 0.3) is 32.6 Å². The lowest BCUT2D eigenvalue weighted by Crippen LogP contribution is -2.43. The maximum absolute atomic E-state index is 12.4. The van der Waals surface area contributed by atoms with Crippen molar-refractivity contribution in [3.8, 4) is 5.88 Å². The van der Waals surface area contributed by atoms with Gasteiger partial charge in [-0.1, -0.05) is 0 Å². The number of aromatic nitrogens is 3. The lowest BCUT2D eigenvalue weighted by Gasteiger charge is -2.21. The fourth-order valence-electron chi connectivity index (χ4n) is 3.16. The second-order valence-electron chi connectivity index (χ2n) is 7.19. The van der Waals surface area contributed by atoms with E-state index in [1.165, 1.54) is 0 Å². The number of nitrogens with one attached hydrogen (secondary N) is 2. The summed E-state index contributed by atoms with van der Waals surface area (Å²) in [6.45, 7) is 5.76. The Kier molecular flexibility index (Phi) is 3.54. The second-order valence-corrected chi connectivity index (χ2v) is 7.19. The van der Waals surface area contributed by atoms with Crippen molar-refractivity contribution in [2.24, 2.45) is 0 Å². The Morgan fingerprint density at radius 1 is 1.00 bits per heavy atom. The highest BCUT2D eigenvalue weighted by Gasteiger charge is 2.20. The van der Waals surface area contributed by atoms with E-state index < -0.39 is 0 Å². The van der Waals surface area contributed by atoms with Gasteiger partial charge in [0.15, 0.2) is 0 Å². The number of rotatable bonds is 2. The van der Waals surface area contributed by atoms with E-state index in [1.807, 2.05) is 45.0 Å². The molecule has 0 aliphatic heterocycles. The SMILES string of the molecule is COc1nc(NC(=O)NC(C)(C)C)c2ccc3ncnc4ccc1c2c34. The Morgan fingerprint density at radius 2 is 1.65 bits per heavy atom. The summed E-state index contributed by atoms with van der Waals surface area (Å²) < 4.78 is 5.47. The number of urea groups is 1. The van der Waals surface area contributed by atoms with Gasteiger partial charge in [0.05, 0.1) is 18.1 Å². The normalized spacial score (nSPS) is 12.0. The zero-order valence-electron chi connectivity index (χ0n) is 15.0. The average Bonchev–Trinajstić information content (AvgIpc) is 2.58. The number of benzene rings is 2. The van der Waals surface area contributed by atoms with Gasteiger partial charge in [-0.15, -0.1) is 0 Å². The molecule has 132 valence electrons. The summed E-state index contributed by atoms with van der Waals surface area (Å²) >= 11 is 0. The molecule has 2 amide bonds. The predicted octanol–water partition coefficient (Wildman–Crippen LogP) is 3.70. The van der Waals surface area contributed by atoms with E-state index >= 15 is 0 Å². The Hall–Kier alpha value is -3.22. The molecule has 2 aromatic heterocycles. The van der Waals surface area contributed by atoms with Crippen molar-refractivity contribution < 1.29 is 9.53 Å². The minimum absolute atomic E-state index is 0.321. The summed E-state index contributed by atoms with van der Waals surface area (Å²) in [5.41, 5.74) is 1.32. The lowest BCUT2D eigenvalue weighted by molar-refractivity contribution is 0.243. The number of anilines is 1. The van der Waals surface area contributed by atoms with Gasteiger partial charge in [-0.25, -0.2) is 14.8 Å². The van der Waals surface area contributed by atoms with Gasteiger partial charge in [-0.2, -0.15) is 4.98 Å². The fourth-order valence-corrected chi connectivity index (χ4v) is 3.16. The van der Waals surface area contributed by atoms with Crippen LogP contribution in [0.2, 0.25) is 0 Å². The predicted molar refractivity (Wildman–Crippen MR) is 102 cm³/mol. The number of hydrogen-bond donors (Lipinski definition) is 2. The van der Waals surface area contributed by atoms with Gasteiger partial charge >= 0.3 is 6.03 Å². The molecule has 0 fully saturated rings. The van der Waals surface area contributed by atoms with Gasteiger partial charge in [0, 0.05) is 27.1 Å². The zero-order chi connectivity index (χ0) is 18.5. The summed E-state index contributed by atoms with van der Waals surface area (Å²) in [4.78, 5) is 25.6. The third kappa shape index (κ3) is 2.61. The number of carbonyl (C=O) groups excluding carboxylic acids is 1. The largest absolute Gasteiger partial charge is 0.480 e. The molecule has 0 saturated heterocycles. The van der Waals surface area contributed by atoms with Crippen LogP contribution in [0.1, 0.15) is 20.8 Å². The summed E-state index contributed by atoms with van der Waals surface area (Å²) in [6, 6.07) is 7.36. The quantitative estimate of drug-likeness (QED) is 0.539. The lowest BCUT2D eigenvalue weighted by atomic mass is 10.00. The molecule has 7 nitrogen and oxygen atoms in total. The number of hydrogen-bond acceptors (Lipinski definition) is 5. The maximum Gasteiger partial charge on any atom is 0.320 e. The van der Waals surface area contributed by atoms with Crippen molar-refractivity contribution in [1.82, 2.24) is 20.3 Å². The van der Waals surface area contributed by atoms with Crippen molar-refractivity contribution in [3.63, 3.8) is 0 Å². The molecule has 4 aromatic rings. The van der Waals surface area contributed by atoms with Gasteiger partial charge < -0.3 is 10.1 Å². The number of amides is 2. The third-order valence-electron chi connectivity index (χ3n) is 4.12. The fraction of sp³-hybridized carbons (Fsp3) is 0.263. The number of ether oxygens (including phenoxy) is 1. The van der Waals surface area contributed by atoms with E-state index in [1.54, 1.807) is 13.4 Å². The first kappa shape index (κ1) is 16.3. The van der Waals surface area contributed by atoms with Crippen LogP contribution in [0.3, 0.4) is 0 Å². The van der Waals surface area contributed by atoms with Crippen LogP contribution in [-0.4, -0.2) is 33.6 Å². The molecule has 0 radical (unpaired) electrons. The topological polar surface area (TPSA) is 89.0 Å². The van der Waals surface area contributed by atoms with Gasteiger partial charge in [-0.05, 0) is 45.0 Å². The number of carbonyl (C=O) groups is 1. The molecule has 0 bridgehead atoms. The highest BCUT2D eigenvalue weighted by molar-refractivity contribution is 6.24. The maximum atomic E-state index is 12.4. The van der Waals surface area contributed by atoms with Crippen LogP contribution in [0, 0.1) is 0 Å². The molecule has 0 atom stereocenters. The zero-order valence-corrected chi connectivity index (χ0v) is 15.0. The van der Waals surface area contributed by atoms with E-state index in [0.717, 1.165) is 32.6 Å². The van der Waals surface area contributed by atoms with E-state index in [-0.39, 0.29) is 11.6 Å². The third-order valence-corrected chi connectivity index (χ3v) is 4.12. The molecule has 0 spiro atoms. The highest BCUT2D eigenvalue weighted by atomic mass is 16.5. The van der Waals surface area contributed by atoms with Crippen molar-refractivity contribution >= 4 is 44.4 Å². The standard InChI is InChI=1S/C19H19N5O2/c1-19(2,3)24-18(25)23-16-10-5-7-12-15-13(21-9-20-12)8-6-11(14(10)15)17(22-16)26-4/h5-9H,1-4H3,(H2,22,23,24,25). The average molecular weight is 349 g/mol. The van der Waals surface area contributed by atoms with Crippen molar-refractivity contribution in [3.05, 3.63) is 30.6 Å². The van der Waals surface area contributed by atoms with Crippen LogP contribution in [-0.2, 0) is 0 Å². The Morgan fingerprint density at radius 3 is 2.27 bits per heavy atom. The molecule has 2 heterocycles. The van der Waals surface area contributed by atoms with E-state index in [9.17, 15) is 4.79 Å². The van der Waals surface area contributed by atoms with Crippen LogP contribution in [0.4, 0.5) is 10.6 Å². The van der Waals surface area contributed by atoms with E-state index in [2.05, 4.69) is 25.6 Å². The molecular weight excluding hydrogens is 330 g/mol. The summed E-state index contributed by atoms with van der Waals surface area (Å²) in [5, 5.41) is 9.26. The summed E-state index contributed by atoms with van der Waals surface area (Å²) in [6.07, 6.45) is 1.55. The molecule has 7 heteroatoms. The first-order chi connectivity index (χ1) is 12.4. The van der Waals surface area contributed by atoms with Crippen molar-refractivity contribution in [1.29, 1.82) is 0 Å².